The van der Waals surface area contributed by atoms with Gasteiger partial charge in [-0.25, -0.2) is 0 Å². The predicted octanol–water partition coefficient (Wildman–Crippen LogP) is 3.39. The molecular formula is C19H16BrN3O5. The monoisotopic (exact) mass is 445 g/mol. The predicted molar refractivity (Wildman–Crippen MR) is 106 cm³/mol. The van der Waals surface area contributed by atoms with Crippen LogP contribution in [0.3, 0.4) is 0 Å². The summed E-state index contributed by atoms with van der Waals surface area (Å²) in [6, 6.07) is 7.17. The van der Waals surface area contributed by atoms with E-state index < -0.39 is 16.7 Å². The van der Waals surface area contributed by atoms with Gasteiger partial charge >= 0.3 is 0 Å². The Bertz CT molecular complexity index is 1010. The van der Waals surface area contributed by atoms with Crippen LogP contribution in [0.1, 0.15) is 21.5 Å². The van der Waals surface area contributed by atoms with E-state index in [1.165, 1.54) is 29.2 Å². The van der Waals surface area contributed by atoms with Gasteiger partial charge in [-0.05, 0) is 42.3 Å². The number of phenols is 1. The summed E-state index contributed by atoms with van der Waals surface area (Å²) in [6.07, 6.45) is 1.53. The minimum absolute atomic E-state index is 0.00274. The summed E-state index contributed by atoms with van der Waals surface area (Å²) < 4.78 is 0.761. The number of amides is 2. The number of nitrogens with one attached hydrogen (secondary N) is 1. The second-order valence-electron chi connectivity index (χ2n) is 6.18. The molecule has 28 heavy (non-hydrogen) atoms. The van der Waals surface area contributed by atoms with Crippen LogP contribution >= 0.6 is 15.9 Å². The maximum atomic E-state index is 13.0. The summed E-state index contributed by atoms with van der Waals surface area (Å²) in [5.74, 6) is -1.17. The summed E-state index contributed by atoms with van der Waals surface area (Å²) in [6.45, 7) is 3.75. The first-order chi connectivity index (χ1) is 13.3. The number of nitro benzene ring substituents is 1. The Morgan fingerprint density at radius 3 is 2.71 bits per heavy atom. The van der Waals surface area contributed by atoms with Crippen LogP contribution in [0.15, 0.2) is 47.5 Å². The van der Waals surface area contributed by atoms with Gasteiger partial charge in [0, 0.05) is 22.8 Å². The van der Waals surface area contributed by atoms with E-state index in [1.54, 1.807) is 6.07 Å². The van der Waals surface area contributed by atoms with E-state index in [0.717, 1.165) is 16.1 Å². The standard InChI is InChI=1S/C19H16BrN3O5/c1-2-18(25)21-11-3-6-17(24)13(9-11)19(26)22-8-7-12-14(10-22)16(23(27)28)5-4-15(12)20/h2-6,9,24H,1,7-8,10H2,(H,21,25). The van der Waals surface area contributed by atoms with Crippen molar-refractivity contribution in [3.63, 3.8) is 0 Å². The molecule has 1 heterocycles. The van der Waals surface area contributed by atoms with E-state index in [9.17, 15) is 24.8 Å². The number of nitrogens with zero attached hydrogens (tertiary/aromatic N) is 2. The summed E-state index contributed by atoms with van der Waals surface area (Å²) >= 11 is 3.40. The normalized spacial score (nSPS) is 12.8. The second-order valence-corrected chi connectivity index (χ2v) is 7.04. The number of halogens is 1. The smallest absolute Gasteiger partial charge is 0.274 e. The first kappa shape index (κ1) is 19.6. The number of nitro groups is 1. The van der Waals surface area contributed by atoms with Crippen molar-refractivity contribution in [1.82, 2.24) is 4.90 Å². The van der Waals surface area contributed by atoms with Gasteiger partial charge in [-0.3, -0.25) is 19.7 Å². The molecule has 8 nitrogen and oxygen atoms in total. The van der Waals surface area contributed by atoms with Crippen LogP contribution < -0.4 is 5.32 Å². The lowest BCUT2D eigenvalue weighted by molar-refractivity contribution is -0.385. The highest BCUT2D eigenvalue weighted by Gasteiger charge is 2.30. The van der Waals surface area contributed by atoms with Gasteiger partial charge in [-0.2, -0.15) is 0 Å². The summed E-state index contributed by atoms with van der Waals surface area (Å²) in [7, 11) is 0. The zero-order valence-electron chi connectivity index (χ0n) is 14.6. The Morgan fingerprint density at radius 2 is 2.04 bits per heavy atom. The molecule has 0 radical (unpaired) electrons. The molecule has 0 aromatic heterocycles. The van der Waals surface area contributed by atoms with Crippen LogP contribution in [0.25, 0.3) is 0 Å². The fourth-order valence-electron chi connectivity index (χ4n) is 3.11. The first-order valence-corrected chi connectivity index (χ1v) is 9.11. The van der Waals surface area contributed by atoms with E-state index in [-0.39, 0.29) is 23.5 Å². The maximum Gasteiger partial charge on any atom is 0.274 e. The second kappa shape index (κ2) is 7.81. The van der Waals surface area contributed by atoms with E-state index in [2.05, 4.69) is 27.8 Å². The largest absolute Gasteiger partial charge is 0.507 e. The van der Waals surface area contributed by atoms with Gasteiger partial charge in [0.05, 0.1) is 22.6 Å². The van der Waals surface area contributed by atoms with E-state index >= 15 is 0 Å². The Kier molecular flexibility index (Phi) is 5.46. The van der Waals surface area contributed by atoms with Crippen LogP contribution in [0.5, 0.6) is 5.75 Å². The number of hydrogen-bond acceptors (Lipinski definition) is 5. The topological polar surface area (TPSA) is 113 Å². The Labute approximate surface area is 168 Å². The van der Waals surface area contributed by atoms with Crippen molar-refractivity contribution in [3.8, 4) is 5.75 Å². The number of carbonyl (C=O) groups excluding carboxylic acids is 2. The van der Waals surface area contributed by atoms with Crippen molar-refractivity contribution in [1.29, 1.82) is 0 Å². The molecule has 0 spiro atoms. The molecule has 144 valence electrons. The Hall–Kier alpha value is -3.20. The Morgan fingerprint density at radius 1 is 1.29 bits per heavy atom. The van der Waals surface area contributed by atoms with Crippen molar-refractivity contribution in [2.75, 3.05) is 11.9 Å². The average molecular weight is 446 g/mol. The number of carbonyl (C=O) groups is 2. The molecule has 2 aromatic rings. The van der Waals surface area contributed by atoms with Crippen molar-refractivity contribution < 1.29 is 19.6 Å². The quantitative estimate of drug-likeness (QED) is 0.324. The molecule has 0 fully saturated rings. The van der Waals surface area contributed by atoms with Gasteiger partial charge in [0.2, 0.25) is 5.91 Å². The molecule has 9 heteroatoms. The molecule has 0 saturated heterocycles. The summed E-state index contributed by atoms with van der Waals surface area (Å²) in [4.78, 5) is 36.7. The molecule has 0 bridgehead atoms. The third-order valence-electron chi connectivity index (χ3n) is 4.49. The van der Waals surface area contributed by atoms with E-state index in [4.69, 9.17) is 0 Å². The third-order valence-corrected chi connectivity index (χ3v) is 5.24. The van der Waals surface area contributed by atoms with Crippen molar-refractivity contribution >= 4 is 39.1 Å². The van der Waals surface area contributed by atoms with Gasteiger partial charge < -0.3 is 15.3 Å². The molecule has 3 rings (SSSR count). The SMILES string of the molecule is C=CC(=O)Nc1ccc(O)c(C(=O)N2CCc3c(Br)ccc([N+](=O)[O-])c3C2)c1. The van der Waals surface area contributed by atoms with E-state index in [1.807, 2.05) is 0 Å². The molecule has 1 aliphatic heterocycles. The lowest BCUT2D eigenvalue weighted by Gasteiger charge is -2.29. The molecule has 2 N–H and O–H groups in total. The molecule has 0 saturated carbocycles. The van der Waals surface area contributed by atoms with Gasteiger partial charge in [0.1, 0.15) is 5.75 Å². The highest BCUT2D eigenvalue weighted by molar-refractivity contribution is 9.10. The van der Waals surface area contributed by atoms with Crippen molar-refractivity contribution in [3.05, 3.63) is 74.3 Å². The third kappa shape index (κ3) is 3.74. The lowest BCUT2D eigenvalue weighted by atomic mass is 9.97. The number of aromatic hydroxyl groups is 1. The molecule has 2 amide bonds. The minimum atomic E-state index is -0.480. The lowest BCUT2D eigenvalue weighted by Crippen LogP contribution is -2.36. The van der Waals surface area contributed by atoms with Crippen molar-refractivity contribution in [2.24, 2.45) is 0 Å². The molecule has 0 unspecified atom stereocenters. The van der Waals surface area contributed by atoms with Crippen LogP contribution in [-0.4, -0.2) is 33.3 Å². The summed E-state index contributed by atoms with van der Waals surface area (Å²) in [5.41, 5.74) is 1.55. The molecule has 0 aliphatic carbocycles. The Balaban J connectivity index is 1.92. The first-order valence-electron chi connectivity index (χ1n) is 8.32. The van der Waals surface area contributed by atoms with Crippen molar-refractivity contribution in [2.45, 2.75) is 13.0 Å². The van der Waals surface area contributed by atoms with E-state index in [0.29, 0.717) is 24.2 Å². The summed E-state index contributed by atoms with van der Waals surface area (Å²) in [5, 5.41) is 24.0. The van der Waals surface area contributed by atoms with Crippen LogP contribution in [0.2, 0.25) is 0 Å². The number of hydrogen-bond donors (Lipinski definition) is 2. The highest BCUT2D eigenvalue weighted by Crippen LogP contribution is 2.34. The van der Waals surface area contributed by atoms with Crippen LogP contribution in [-0.2, 0) is 17.8 Å². The minimum Gasteiger partial charge on any atom is -0.507 e. The average Bonchev–Trinajstić information content (AvgIpc) is 2.68. The van der Waals surface area contributed by atoms with Gasteiger partial charge in [-0.15, -0.1) is 0 Å². The molecule has 0 atom stereocenters. The maximum absolute atomic E-state index is 13.0. The van der Waals surface area contributed by atoms with Gasteiger partial charge in [0.15, 0.2) is 0 Å². The molecule has 1 aliphatic rings. The zero-order valence-corrected chi connectivity index (χ0v) is 16.2. The zero-order chi connectivity index (χ0) is 20.4. The fourth-order valence-corrected chi connectivity index (χ4v) is 3.68. The molecular weight excluding hydrogens is 430 g/mol. The molecule has 2 aromatic carbocycles. The number of benzene rings is 2. The van der Waals surface area contributed by atoms with Crippen LogP contribution in [0.4, 0.5) is 11.4 Å². The number of rotatable bonds is 4. The number of fused-ring (bicyclic) bond motifs is 1. The van der Waals surface area contributed by atoms with Crippen LogP contribution in [0, 0.1) is 10.1 Å². The van der Waals surface area contributed by atoms with Gasteiger partial charge in [0.25, 0.3) is 11.6 Å². The number of phenolic OH excluding ortho intramolecular Hbond substituents is 1. The number of anilines is 1. The fraction of sp³-hybridized carbons (Fsp3) is 0.158. The van der Waals surface area contributed by atoms with Gasteiger partial charge in [-0.1, -0.05) is 22.5 Å². The highest BCUT2D eigenvalue weighted by atomic mass is 79.9.